The molecule has 0 spiro atoms. The van der Waals surface area contributed by atoms with Crippen LogP contribution in [0.3, 0.4) is 0 Å². The fourth-order valence-corrected chi connectivity index (χ4v) is 2.22. The maximum Gasteiger partial charge on any atom is 0.252 e. The molecule has 2 rings (SSSR count). The number of carbonyl (C=O) groups excluding carboxylic acids is 1. The van der Waals surface area contributed by atoms with Gasteiger partial charge in [-0.1, -0.05) is 0 Å². The standard InChI is InChI=1S/C11H20N2O2.ClH/c1-15-11(5-7-12-8-6-11)10(14)13-9-3-2-4-9;/h9,12H,2-8H2,1H3,(H,13,14);1H. The molecule has 94 valence electrons. The number of rotatable bonds is 3. The Morgan fingerprint density at radius 1 is 1.38 bits per heavy atom. The summed E-state index contributed by atoms with van der Waals surface area (Å²) in [6, 6.07) is 0.402. The van der Waals surface area contributed by atoms with Gasteiger partial charge in [0, 0.05) is 13.2 Å². The SMILES string of the molecule is COC1(C(=O)NC2CCC2)CCNCC1.Cl. The third kappa shape index (κ3) is 2.67. The van der Waals surface area contributed by atoms with E-state index in [4.69, 9.17) is 4.74 Å². The van der Waals surface area contributed by atoms with E-state index in [-0.39, 0.29) is 18.3 Å². The quantitative estimate of drug-likeness (QED) is 0.779. The van der Waals surface area contributed by atoms with E-state index < -0.39 is 5.60 Å². The molecule has 1 aliphatic heterocycles. The lowest BCUT2D eigenvalue weighted by molar-refractivity contribution is -0.148. The van der Waals surface area contributed by atoms with Gasteiger partial charge in [0.1, 0.15) is 5.60 Å². The van der Waals surface area contributed by atoms with Gasteiger partial charge in [0.05, 0.1) is 0 Å². The van der Waals surface area contributed by atoms with E-state index in [9.17, 15) is 4.79 Å². The average molecular weight is 249 g/mol. The first-order valence-corrected chi connectivity index (χ1v) is 5.84. The van der Waals surface area contributed by atoms with Crippen LogP contribution in [0, 0.1) is 0 Å². The second-order valence-corrected chi connectivity index (χ2v) is 4.55. The zero-order valence-corrected chi connectivity index (χ0v) is 10.6. The molecule has 0 aromatic carbocycles. The van der Waals surface area contributed by atoms with Gasteiger partial charge >= 0.3 is 0 Å². The van der Waals surface area contributed by atoms with Crippen molar-refractivity contribution in [3.8, 4) is 0 Å². The molecular weight excluding hydrogens is 228 g/mol. The highest BCUT2D eigenvalue weighted by Gasteiger charge is 2.40. The van der Waals surface area contributed by atoms with Crippen LogP contribution in [0.5, 0.6) is 0 Å². The summed E-state index contributed by atoms with van der Waals surface area (Å²) >= 11 is 0. The van der Waals surface area contributed by atoms with Crippen molar-refractivity contribution in [2.24, 2.45) is 0 Å². The minimum Gasteiger partial charge on any atom is -0.368 e. The fraction of sp³-hybridized carbons (Fsp3) is 0.909. The molecule has 0 radical (unpaired) electrons. The minimum absolute atomic E-state index is 0. The molecule has 0 aromatic heterocycles. The Labute approximate surface area is 103 Å². The highest BCUT2D eigenvalue weighted by atomic mass is 35.5. The van der Waals surface area contributed by atoms with Gasteiger partial charge in [0.15, 0.2) is 0 Å². The van der Waals surface area contributed by atoms with Crippen LogP contribution in [0.25, 0.3) is 0 Å². The third-order valence-corrected chi connectivity index (χ3v) is 3.66. The van der Waals surface area contributed by atoms with Gasteiger partial charge in [-0.3, -0.25) is 4.79 Å². The van der Waals surface area contributed by atoms with Crippen LogP contribution in [-0.4, -0.2) is 37.7 Å². The Hall–Kier alpha value is -0.320. The molecule has 16 heavy (non-hydrogen) atoms. The van der Waals surface area contributed by atoms with E-state index in [1.165, 1.54) is 6.42 Å². The molecule has 4 nitrogen and oxygen atoms in total. The van der Waals surface area contributed by atoms with Crippen LogP contribution >= 0.6 is 12.4 Å². The summed E-state index contributed by atoms with van der Waals surface area (Å²) in [6.07, 6.45) is 5.06. The molecule has 2 aliphatic rings. The van der Waals surface area contributed by atoms with Crippen LogP contribution < -0.4 is 10.6 Å². The predicted octanol–water partition coefficient (Wildman–Crippen LogP) is 0.845. The average Bonchev–Trinajstić information content (AvgIpc) is 2.24. The molecule has 1 amide bonds. The van der Waals surface area contributed by atoms with Crippen LogP contribution in [0.4, 0.5) is 0 Å². The Bertz CT molecular complexity index is 238. The van der Waals surface area contributed by atoms with Crippen LogP contribution in [-0.2, 0) is 9.53 Å². The highest BCUT2D eigenvalue weighted by molar-refractivity contribution is 5.86. The van der Waals surface area contributed by atoms with Crippen molar-refractivity contribution in [2.75, 3.05) is 20.2 Å². The van der Waals surface area contributed by atoms with Crippen molar-refractivity contribution >= 4 is 18.3 Å². The summed E-state index contributed by atoms with van der Waals surface area (Å²) < 4.78 is 5.46. The Morgan fingerprint density at radius 2 is 2.00 bits per heavy atom. The number of halogens is 1. The zero-order valence-electron chi connectivity index (χ0n) is 9.75. The Kier molecular flexibility index (Phi) is 5.02. The summed E-state index contributed by atoms with van der Waals surface area (Å²) in [4.78, 5) is 12.1. The van der Waals surface area contributed by atoms with E-state index in [0.29, 0.717) is 6.04 Å². The number of carbonyl (C=O) groups is 1. The lowest BCUT2D eigenvalue weighted by atomic mass is 9.88. The predicted molar refractivity (Wildman–Crippen MR) is 64.9 cm³/mol. The van der Waals surface area contributed by atoms with E-state index >= 15 is 0 Å². The molecule has 0 atom stereocenters. The summed E-state index contributed by atoms with van der Waals surface area (Å²) in [6.45, 7) is 1.73. The molecular formula is C11H21ClN2O2. The Balaban J connectivity index is 0.00000128. The molecule has 0 aromatic rings. The summed E-state index contributed by atoms with van der Waals surface area (Å²) in [5, 5.41) is 6.34. The fourth-order valence-electron chi connectivity index (χ4n) is 2.22. The molecule has 1 aliphatic carbocycles. The van der Waals surface area contributed by atoms with Crippen molar-refractivity contribution in [1.82, 2.24) is 10.6 Å². The zero-order chi connectivity index (χ0) is 10.7. The first kappa shape index (κ1) is 13.7. The molecule has 2 fully saturated rings. The van der Waals surface area contributed by atoms with Gasteiger partial charge < -0.3 is 15.4 Å². The second kappa shape index (κ2) is 5.84. The van der Waals surface area contributed by atoms with Crippen molar-refractivity contribution < 1.29 is 9.53 Å². The van der Waals surface area contributed by atoms with Gasteiger partial charge in [-0.2, -0.15) is 0 Å². The summed E-state index contributed by atoms with van der Waals surface area (Å²) in [5.74, 6) is 0.0937. The number of hydrogen-bond donors (Lipinski definition) is 2. The molecule has 0 bridgehead atoms. The topological polar surface area (TPSA) is 50.4 Å². The van der Waals surface area contributed by atoms with Crippen LogP contribution in [0.15, 0.2) is 0 Å². The van der Waals surface area contributed by atoms with E-state index in [0.717, 1.165) is 38.8 Å². The van der Waals surface area contributed by atoms with Crippen LogP contribution in [0.2, 0.25) is 0 Å². The molecule has 1 saturated heterocycles. The van der Waals surface area contributed by atoms with E-state index in [1.807, 2.05) is 0 Å². The molecule has 0 unspecified atom stereocenters. The largest absolute Gasteiger partial charge is 0.368 e. The highest BCUT2D eigenvalue weighted by Crippen LogP contribution is 2.25. The number of methoxy groups -OCH3 is 1. The first-order valence-electron chi connectivity index (χ1n) is 5.84. The third-order valence-electron chi connectivity index (χ3n) is 3.66. The lowest BCUT2D eigenvalue weighted by Gasteiger charge is -2.37. The van der Waals surface area contributed by atoms with Gasteiger partial charge in [0.2, 0.25) is 0 Å². The summed E-state index contributed by atoms with van der Waals surface area (Å²) in [5.41, 5.74) is -0.569. The first-order chi connectivity index (χ1) is 7.27. The maximum atomic E-state index is 12.1. The summed E-state index contributed by atoms with van der Waals surface area (Å²) in [7, 11) is 1.64. The number of amides is 1. The molecule has 1 heterocycles. The lowest BCUT2D eigenvalue weighted by Crippen LogP contribution is -2.57. The normalized spacial score (nSPS) is 24.1. The van der Waals surface area contributed by atoms with Crippen molar-refractivity contribution in [1.29, 1.82) is 0 Å². The minimum atomic E-state index is -0.569. The number of nitrogens with one attached hydrogen (secondary N) is 2. The maximum absolute atomic E-state index is 12.1. The van der Waals surface area contributed by atoms with Crippen LogP contribution in [0.1, 0.15) is 32.1 Å². The van der Waals surface area contributed by atoms with Crippen molar-refractivity contribution in [3.05, 3.63) is 0 Å². The van der Waals surface area contributed by atoms with Gasteiger partial charge in [-0.25, -0.2) is 0 Å². The smallest absolute Gasteiger partial charge is 0.252 e. The molecule has 2 N–H and O–H groups in total. The second-order valence-electron chi connectivity index (χ2n) is 4.55. The van der Waals surface area contributed by atoms with Crippen molar-refractivity contribution in [2.45, 2.75) is 43.7 Å². The molecule has 1 saturated carbocycles. The van der Waals surface area contributed by atoms with Gasteiger partial charge in [-0.15, -0.1) is 12.4 Å². The number of hydrogen-bond acceptors (Lipinski definition) is 3. The van der Waals surface area contributed by atoms with Crippen molar-refractivity contribution in [3.63, 3.8) is 0 Å². The van der Waals surface area contributed by atoms with E-state index in [2.05, 4.69) is 10.6 Å². The Morgan fingerprint density at radius 3 is 2.44 bits per heavy atom. The molecule has 5 heteroatoms. The van der Waals surface area contributed by atoms with Gasteiger partial charge in [-0.05, 0) is 45.2 Å². The van der Waals surface area contributed by atoms with E-state index in [1.54, 1.807) is 7.11 Å². The number of piperidine rings is 1. The number of ether oxygens (including phenoxy) is 1. The monoisotopic (exact) mass is 248 g/mol. The van der Waals surface area contributed by atoms with Gasteiger partial charge in [0.25, 0.3) is 5.91 Å².